The van der Waals surface area contributed by atoms with Gasteiger partial charge in [0.2, 0.25) is 0 Å². The largest absolute Gasteiger partial charge is 0.465 e. The van der Waals surface area contributed by atoms with Gasteiger partial charge in [-0.25, -0.2) is 0 Å². The van der Waals surface area contributed by atoms with Crippen molar-refractivity contribution in [2.24, 2.45) is 5.92 Å². The van der Waals surface area contributed by atoms with Crippen LogP contribution < -0.4 is 5.32 Å². The molecule has 4 heteroatoms. The van der Waals surface area contributed by atoms with E-state index in [2.05, 4.69) is 10.2 Å². The Morgan fingerprint density at radius 2 is 2.38 bits per heavy atom. The molecule has 0 spiro atoms. The minimum absolute atomic E-state index is 0.0769. The standard InChI is InChI=1S/C12H22N2O2/c1-3-16-12(15)9(2)14-7-5-11-10(8-14)4-6-13-11/h9-11,13H,3-8H2,1-2H3. The van der Waals surface area contributed by atoms with Gasteiger partial charge in [0, 0.05) is 19.1 Å². The van der Waals surface area contributed by atoms with Gasteiger partial charge in [-0.1, -0.05) is 0 Å². The SMILES string of the molecule is CCOC(=O)C(C)N1CCC2NCCC2C1. The Morgan fingerprint density at radius 1 is 1.56 bits per heavy atom. The molecule has 0 amide bonds. The predicted octanol–water partition coefficient (Wildman–Crippen LogP) is 0.622. The Hall–Kier alpha value is -0.610. The molecule has 3 atom stereocenters. The Bertz CT molecular complexity index is 257. The first-order valence-electron chi connectivity index (χ1n) is 6.36. The molecule has 2 saturated heterocycles. The van der Waals surface area contributed by atoms with Gasteiger partial charge in [0.15, 0.2) is 0 Å². The van der Waals surface area contributed by atoms with Gasteiger partial charge in [-0.15, -0.1) is 0 Å². The number of likely N-dealkylation sites (tertiary alicyclic amines) is 1. The first-order chi connectivity index (χ1) is 7.72. The summed E-state index contributed by atoms with van der Waals surface area (Å²) in [4.78, 5) is 13.9. The fourth-order valence-corrected chi connectivity index (χ4v) is 2.84. The van der Waals surface area contributed by atoms with Crippen molar-refractivity contribution < 1.29 is 9.53 Å². The van der Waals surface area contributed by atoms with Gasteiger partial charge in [0.1, 0.15) is 6.04 Å². The summed E-state index contributed by atoms with van der Waals surface area (Å²) in [6, 6.07) is 0.604. The number of hydrogen-bond acceptors (Lipinski definition) is 4. The molecule has 92 valence electrons. The van der Waals surface area contributed by atoms with E-state index >= 15 is 0 Å². The molecule has 0 bridgehead atoms. The van der Waals surface area contributed by atoms with Crippen molar-refractivity contribution in [1.29, 1.82) is 0 Å². The van der Waals surface area contributed by atoms with E-state index in [1.807, 2.05) is 13.8 Å². The summed E-state index contributed by atoms with van der Waals surface area (Å²) >= 11 is 0. The van der Waals surface area contributed by atoms with E-state index in [-0.39, 0.29) is 12.0 Å². The maximum absolute atomic E-state index is 11.7. The number of nitrogens with one attached hydrogen (secondary N) is 1. The second-order valence-corrected chi connectivity index (χ2v) is 4.82. The Morgan fingerprint density at radius 3 is 3.12 bits per heavy atom. The number of ether oxygens (including phenoxy) is 1. The van der Waals surface area contributed by atoms with Crippen molar-refractivity contribution in [3.05, 3.63) is 0 Å². The summed E-state index contributed by atoms with van der Waals surface area (Å²) in [6.45, 7) is 7.48. The molecule has 16 heavy (non-hydrogen) atoms. The lowest BCUT2D eigenvalue weighted by molar-refractivity contribution is -0.149. The maximum atomic E-state index is 11.7. The molecule has 1 N–H and O–H groups in total. The molecule has 0 aromatic carbocycles. The van der Waals surface area contributed by atoms with Crippen LogP contribution in [0.2, 0.25) is 0 Å². The zero-order valence-electron chi connectivity index (χ0n) is 10.2. The van der Waals surface area contributed by atoms with E-state index in [1.54, 1.807) is 0 Å². The van der Waals surface area contributed by atoms with Crippen LogP contribution in [0.5, 0.6) is 0 Å². The van der Waals surface area contributed by atoms with Gasteiger partial charge >= 0.3 is 5.97 Å². The third-order valence-electron chi connectivity index (χ3n) is 3.86. The molecule has 2 rings (SSSR count). The summed E-state index contributed by atoms with van der Waals surface area (Å²) in [7, 11) is 0. The van der Waals surface area contributed by atoms with Crippen LogP contribution in [0, 0.1) is 5.92 Å². The lowest BCUT2D eigenvalue weighted by Crippen LogP contribution is -2.50. The van der Waals surface area contributed by atoms with Crippen molar-refractivity contribution in [3.63, 3.8) is 0 Å². The number of hydrogen-bond donors (Lipinski definition) is 1. The zero-order valence-corrected chi connectivity index (χ0v) is 10.2. The van der Waals surface area contributed by atoms with Crippen molar-refractivity contribution in [2.45, 2.75) is 38.8 Å². The summed E-state index contributed by atoms with van der Waals surface area (Å²) in [5, 5.41) is 3.53. The van der Waals surface area contributed by atoms with E-state index in [1.165, 1.54) is 6.42 Å². The van der Waals surface area contributed by atoms with E-state index < -0.39 is 0 Å². The second-order valence-electron chi connectivity index (χ2n) is 4.82. The highest BCUT2D eigenvalue weighted by molar-refractivity contribution is 5.75. The van der Waals surface area contributed by atoms with Gasteiger partial charge in [-0.2, -0.15) is 0 Å². The number of carbonyl (C=O) groups is 1. The summed E-state index contributed by atoms with van der Waals surface area (Å²) in [5.41, 5.74) is 0. The van der Waals surface area contributed by atoms with E-state index in [0.717, 1.165) is 32.0 Å². The molecular formula is C12H22N2O2. The number of fused-ring (bicyclic) bond motifs is 1. The molecule has 2 aliphatic heterocycles. The molecule has 2 heterocycles. The summed E-state index contributed by atoms with van der Waals surface area (Å²) < 4.78 is 5.07. The van der Waals surface area contributed by atoms with E-state index in [0.29, 0.717) is 12.6 Å². The molecule has 2 fully saturated rings. The van der Waals surface area contributed by atoms with Crippen LogP contribution in [0.3, 0.4) is 0 Å². The predicted molar refractivity (Wildman–Crippen MR) is 62.2 cm³/mol. The quantitative estimate of drug-likeness (QED) is 0.716. The van der Waals surface area contributed by atoms with Gasteiger partial charge in [-0.3, -0.25) is 9.69 Å². The highest BCUT2D eigenvalue weighted by Crippen LogP contribution is 2.25. The molecule has 0 aliphatic carbocycles. The molecule has 0 aromatic rings. The van der Waals surface area contributed by atoms with Gasteiger partial charge in [0.25, 0.3) is 0 Å². The third-order valence-corrected chi connectivity index (χ3v) is 3.86. The summed E-state index contributed by atoms with van der Waals surface area (Å²) in [5.74, 6) is 0.650. The minimum Gasteiger partial charge on any atom is -0.465 e. The van der Waals surface area contributed by atoms with Crippen LogP contribution in [-0.2, 0) is 9.53 Å². The fourth-order valence-electron chi connectivity index (χ4n) is 2.84. The lowest BCUT2D eigenvalue weighted by atomic mass is 9.92. The van der Waals surface area contributed by atoms with Gasteiger partial charge in [-0.05, 0) is 39.2 Å². The molecule has 0 saturated carbocycles. The monoisotopic (exact) mass is 226 g/mol. The molecule has 2 aliphatic rings. The highest BCUT2D eigenvalue weighted by atomic mass is 16.5. The van der Waals surface area contributed by atoms with Crippen LogP contribution in [0.1, 0.15) is 26.7 Å². The first-order valence-corrected chi connectivity index (χ1v) is 6.36. The zero-order chi connectivity index (χ0) is 11.5. The van der Waals surface area contributed by atoms with Crippen LogP contribution in [0.25, 0.3) is 0 Å². The third kappa shape index (κ3) is 2.38. The summed E-state index contributed by atoms with van der Waals surface area (Å²) in [6.07, 6.45) is 2.41. The highest BCUT2D eigenvalue weighted by Gasteiger charge is 2.35. The fraction of sp³-hybridized carbons (Fsp3) is 0.917. The number of piperidine rings is 1. The van der Waals surface area contributed by atoms with Crippen molar-refractivity contribution in [2.75, 3.05) is 26.2 Å². The van der Waals surface area contributed by atoms with Crippen LogP contribution in [0.4, 0.5) is 0 Å². The first kappa shape index (κ1) is 11.9. The van der Waals surface area contributed by atoms with Crippen LogP contribution in [-0.4, -0.2) is 49.2 Å². The molecule has 0 radical (unpaired) electrons. The van der Waals surface area contributed by atoms with E-state index in [4.69, 9.17) is 4.74 Å². The van der Waals surface area contributed by atoms with Crippen LogP contribution in [0.15, 0.2) is 0 Å². The Labute approximate surface area is 97.3 Å². The number of rotatable bonds is 3. The Balaban J connectivity index is 1.88. The normalized spacial score (nSPS) is 32.1. The second kappa shape index (κ2) is 5.15. The average molecular weight is 226 g/mol. The topological polar surface area (TPSA) is 41.6 Å². The molecule has 4 nitrogen and oxygen atoms in total. The van der Waals surface area contributed by atoms with Crippen molar-refractivity contribution in [1.82, 2.24) is 10.2 Å². The maximum Gasteiger partial charge on any atom is 0.323 e. The molecule has 3 unspecified atom stereocenters. The van der Waals surface area contributed by atoms with Gasteiger partial charge < -0.3 is 10.1 Å². The number of esters is 1. The Kier molecular flexibility index (Phi) is 3.82. The van der Waals surface area contributed by atoms with Crippen molar-refractivity contribution in [3.8, 4) is 0 Å². The van der Waals surface area contributed by atoms with E-state index in [9.17, 15) is 4.79 Å². The number of carbonyl (C=O) groups excluding carboxylic acids is 1. The minimum atomic E-state index is -0.0819. The number of nitrogens with zero attached hydrogens (tertiary/aromatic N) is 1. The average Bonchev–Trinajstić information content (AvgIpc) is 2.75. The molecular weight excluding hydrogens is 204 g/mol. The molecule has 0 aromatic heterocycles. The van der Waals surface area contributed by atoms with Crippen molar-refractivity contribution >= 4 is 5.97 Å². The van der Waals surface area contributed by atoms with Crippen LogP contribution >= 0.6 is 0 Å². The van der Waals surface area contributed by atoms with Gasteiger partial charge in [0.05, 0.1) is 6.61 Å². The lowest BCUT2D eigenvalue weighted by Gasteiger charge is -2.37. The smallest absolute Gasteiger partial charge is 0.323 e.